The van der Waals surface area contributed by atoms with Crippen molar-refractivity contribution in [3.63, 3.8) is 0 Å². The Morgan fingerprint density at radius 1 is 1.22 bits per heavy atom. The number of rotatable bonds is 7. The van der Waals surface area contributed by atoms with E-state index < -0.39 is 0 Å². The van der Waals surface area contributed by atoms with Crippen LogP contribution in [0.25, 0.3) is 21.0 Å². The van der Waals surface area contributed by atoms with Crippen molar-refractivity contribution in [3.05, 3.63) is 76.8 Å². The molecule has 0 saturated carbocycles. The van der Waals surface area contributed by atoms with E-state index in [4.69, 9.17) is 4.74 Å². The molecule has 1 N–H and O–H groups in total. The molecule has 1 atom stereocenters. The maximum Gasteiger partial charge on any atom is 0.261 e. The van der Waals surface area contributed by atoms with Crippen molar-refractivity contribution in [1.29, 1.82) is 0 Å². The van der Waals surface area contributed by atoms with Crippen LogP contribution in [-0.2, 0) is 11.3 Å². The number of carbonyl (C=O) groups is 1. The number of hydrogen-bond acceptors (Lipinski definition) is 5. The van der Waals surface area contributed by atoms with Crippen LogP contribution in [0.4, 0.5) is 0 Å². The summed E-state index contributed by atoms with van der Waals surface area (Å²) in [5.74, 6) is 0.371. The maximum atomic E-state index is 13.0. The molecule has 1 saturated heterocycles. The highest BCUT2D eigenvalue weighted by Gasteiger charge is 2.30. The van der Waals surface area contributed by atoms with Gasteiger partial charge in [-0.05, 0) is 53.7 Å². The van der Waals surface area contributed by atoms with Gasteiger partial charge in [0.25, 0.3) is 5.91 Å². The van der Waals surface area contributed by atoms with E-state index in [1.165, 1.54) is 26.6 Å². The molecule has 0 aliphatic carbocycles. The van der Waals surface area contributed by atoms with Gasteiger partial charge < -0.3 is 10.1 Å². The summed E-state index contributed by atoms with van der Waals surface area (Å²) in [6.07, 6.45) is 2.90. The Bertz CT molecular complexity index is 1250. The van der Waals surface area contributed by atoms with Gasteiger partial charge in [-0.15, -0.1) is 11.3 Å². The van der Waals surface area contributed by atoms with E-state index in [0.29, 0.717) is 19.1 Å². The molecule has 1 fully saturated rings. The Morgan fingerprint density at radius 3 is 3.03 bits per heavy atom. The number of hydrogen-bond donors (Lipinski definition) is 1. The predicted octanol–water partition coefficient (Wildman–Crippen LogP) is 4.82. The minimum atomic E-state index is 0.0127. The number of pyridine rings is 1. The minimum absolute atomic E-state index is 0.0127. The fourth-order valence-electron chi connectivity index (χ4n) is 4.68. The fraction of sp³-hybridized carbons (Fsp3) is 0.308. The van der Waals surface area contributed by atoms with Gasteiger partial charge in [0.2, 0.25) is 0 Å². The average Bonchev–Trinajstić information content (AvgIpc) is 3.43. The number of ether oxygens (including phenoxy) is 1. The third-order valence-electron chi connectivity index (χ3n) is 6.19. The average molecular weight is 446 g/mol. The molecular formula is C26H27N3O2S. The van der Waals surface area contributed by atoms with E-state index in [0.717, 1.165) is 36.4 Å². The second-order valence-electron chi connectivity index (χ2n) is 8.34. The monoisotopic (exact) mass is 445 g/mol. The number of fused-ring (bicyclic) bond motifs is 2. The molecule has 2 aromatic carbocycles. The molecule has 164 valence electrons. The second-order valence-corrected chi connectivity index (χ2v) is 9.39. The number of nitrogens with zero attached hydrogens (tertiary/aromatic N) is 2. The summed E-state index contributed by atoms with van der Waals surface area (Å²) in [5, 5.41) is 5.42. The Labute approximate surface area is 192 Å². The molecule has 0 radical (unpaired) electrons. The third-order valence-corrected chi connectivity index (χ3v) is 7.37. The molecule has 0 bridgehead atoms. The maximum absolute atomic E-state index is 13.0. The SMILES string of the molecule is COCCNC(=O)c1sc2ccccc2c1[C@@H]1CCN(Cc2ccc3ncccc3c2)C1. The number of likely N-dealkylation sites (tertiary alicyclic amines) is 1. The molecule has 2 aromatic heterocycles. The zero-order chi connectivity index (χ0) is 21.9. The number of nitrogens with one attached hydrogen (secondary N) is 1. The number of amides is 1. The minimum Gasteiger partial charge on any atom is -0.383 e. The van der Waals surface area contributed by atoms with E-state index >= 15 is 0 Å². The predicted molar refractivity (Wildman–Crippen MR) is 130 cm³/mol. The van der Waals surface area contributed by atoms with Crippen molar-refractivity contribution in [2.24, 2.45) is 0 Å². The van der Waals surface area contributed by atoms with Crippen LogP contribution in [0.15, 0.2) is 60.8 Å². The van der Waals surface area contributed by atoms with Crippen LogP contribution in [0.1, 0.15) is 33.1 Å². The largest absolute Gasteiger partial charge is 0.383 e. The zero-order valence-electron chi connectivity index (χ0n) is 18.2. The van der Waals surface area contributed by atoms with Gasteiger partial charge >= 0.3 is 0 Å². The Balaban J connectivity index is 1.37. The van der Waals surface area contributed by atoms with Crippen LogP contribution in [-0.4, -0.2) is 49.1 Å². The third kappa shape index (κ3) is 4.26. The molecule has 5 rings (SSSR count). The number of aromatic nitrogens is 1. The Morgan fingerprint density at radius 2 is 2.12 bits per heavy atom. The van der Waals surface area contributed by atoms with E-state index in [1.54, 1.807) is 18.4 Å². The molecule has 4 aromatic rings. The Hall–Kier alpha value is -2.80. The summed E-state index contributed by atoms with van der Waals surface area (Å²) in [7, 11) is 1.65. The van der Waals surface area contributed by atoms with Crippen molar-refractivity contribution in [2.75, 3.05) is 33.4 Å². The van der Waals surface area contributed by atoms with Crippen LogP contribution in [0.3, 0.4) is 0 Å². The van der Waals surface area contributed by atoms with Gasteiger partial charge in [-0.25, -0.2) is 0 Å². The summed E-state index contributed by atoms with van der Waals surface area (Å²) < 4.78 is 6.27. The molecule has 1 aliphatic heterocycles. The van der Waals surface area contributed by atoms with Crippen molar-refractivity contribution in [2.45, 2.75) is 18.9 Å². The summed E-state index contributed by atoms with van der Waals surface area (Å²) in [4.78, 5) is 20.8. The summed E-state index contributed by atoms with van der Waals surface area (Å²) in [6.45, 7) is 3.95. The molecule has 6 heteroatoms. The van der Waals surface area contributed by atoms with Crippen LogP contribution in [0, 0.1) is 0 Å². The van der Waals surface area contributed by atoms with E-state index in [-0.39, 0.29) is 5.91 Å². The van der Waals surface area contributed by atoms with Gasteiger partial charge in [0, 0.05) is 48.9 Å². The zero-order valence-corrected chi connectivity index (χ0v) is 19.0. The van der Waals surface area contributed by atoms with Crippen LogP contribution < -0.4 is 5.32 Å². The normalized spacial score (nSPS) is 16.7. The molecule has 1 amide bonds. The second kappa shape index (κ2) is 9.36. The number of methoxy groups -OCH3 is 1. The lowest BCUT2D eigenvalue weighted by Crippen LogP contribution is -2.27. The van der Waals surface area contributed by atoms with E-state index in [2.05, 4.69) is 57.7 Å². The van der Waals surface area contributed by atoms with Crippen LogP contribution >= 0.6 is 11.3 Å². The molecule has 0 unspecified atom stereocenters. The van der Waals surface area contributed by atoms with Gasteiger partial charge in [0.1, 0.15) is 0 Å². The van der Waals surface area contributed by atoms with Crippen molar-refractivity contribution >= 4 is 38.2 Å². The highest BCUT2D eigenvalue weighted by Crippen LogP contribution is 2.40. The number of carbonyl (C=O) groups excluding carboxylic acids is 1. The first-order valence-electron chi connectivity index (χ1n) is 11.1. The summed E-state index contributed by atoms with van der Waals surface area (Å²) >= 11 is 1.61. The lowest BCUT2D eigenvalue weighted by molar-refractivity contribution is 0.0940. The van der Waals surface area contributed by atoms with Gasteiger partial charge in [0.15, 0.2) is 0 Å². The standard InChI is InChI=1S/C26H27N3O2S/c1-31-14-12-28-26(30)25-24(21-6-2-3-7-23(21)32-25)20-10-13-29(17-20)16-18-8-9-22-19(15-18)5-4-11-27-22/h2-9,11,15,20H,10,12-14,16-17H2,1H3,(H,28,30)/t20-/m1/s1. The summed E-state index contributed by atoms with van der Waals surface area (Å²) in [5.41, 5.74) is 3.55. The lowest BCUT2D eigenvalue weighted by atomic mass is 9.95. The first kappa shape index (κ1) is 21.1. The highest BCUT2D eigenvalue weighted by molar-refractivity contribution is 7.21. The number of thiophene rings is 1. The molecule has 3 heterocycles. The van der Waals surface area contributed by atoms with Crippen molar-refractivity contribution in [1.82, 2.24) is 15.2 Å². The van der Waals surface area contributed by atoms with Crippen molar-refractivity contribution in [3.8, 4) is 0 Å². The molecule has 1 aliphatic rings. The molecule has 0 spiro atoms. The van der Waals surface area contributed by atoms with Gasteiger partial charge in [-0.1, -0.05) is 30.3 Å². The van der Waals surface area contributed by atoms with Gasteiger partial charge in [-0.3, -0.25) is 14.7 Å². The topological polar surface area (TPSA) is 54.5 Å². The molecule has 32 heavy (non-hydrogen) atoms. The quantitative estimate of drug-likeness (QED) is 0.415. The number of benzene rings is 2. The summed E-state index contributed by atoms with van der Waals surface area (Å²) in [6, 6.07) is 19.0. The fourth-order valence-corrected chi connectivity index (χ4v) is 5.89. The van der Waals surface area contributed by atoms with Gasteiger partial charge in [-0.2, -0.15) is 0 Å². The van der Waals surface area contributed by atoms with Crippen molar-refractivity contribution < 1.29 is 9.53 Å². The van der Waals surface area contributed by atoms with Crippen LogP contribution in [0.2, 0.25) is 0 Å². The van der Waals surface area contributed by atoms with E-state index in [1.807, 2.05) is 18.3 Å². The smallest absolute Gasteiger partial charge is 0.261 e. The van der Waals surface area contributed by atoms with E-state index in [9.17, 15) is 4.79 Å². The highest BCUT2D eigenvalue weighted by atomic mass is 32.1. The first-order chi connectivity index (χ1) is 15.7. The lowest BCUT2D eigenvalue weighted by Gasteiger charge is -2.17. The first-order valence-corrected chi connectivity index (χ1v) is 11.9. The molecule has 5 nitrogen and oxygen atoms in total. The molecular weight excluding hydrogens is 418 g/mol. The van der Waals surface area contributed by atoms with Gasteiger partial charge in [0.05, 0.1) is 17.0 Å². The van der Waals surface area contributed by atoms with Crippen LogP contribution in [0.5, 0.6) is 0 Å². The Kier molecular flexibility index (Phi) is 6.17.